The summed E-state index contributed by atoms with van der Waals surface area (Å²) in [6, 6.07) is 13.7. The van der Waals surface area contributed by atoms with Gasteiger partial charge in [-0.05, 0) is 70.0 Å². The molecule has 6 nitrogen and oxygen atoms in total. The molecule has 0 N–H and O–H groups in total. The van der Waals surface area contributed by atoms with E-state index in [-0.39, 0.29) is 22.7 Å². The summed E-state index contributed by atoms with van der Waals surface area (Å²) in [6.07, 6.45) is 2.19. The summed E-state index contributed by atoms with van der Waals surface area (Å²) in [6.45, 7) is 7.36. The second-order valence-electron chi connectivity index (χ2n) is 9.02. The highest BCUT2D eigenvalue weighted by Crippen LogP contribution is 2.51. The van der Waals surface area contributed by atoms with Gasteiger partial charge in [-0.3, -0.25) is 4.79 Å². The van der Waals surface area contributed by atoms with Crippen molar-refractivity contribution in [3.8, 4) is 6.07 Å². The fraction of sp³-hybridized carbons (Fsp3) is 0.333. The normalized spacial score (nSPS) is 18.5. The summed E-state index contributed by atoms with van der Waals surface area (Å²) >= 11 is 0. The summed E-state index contributed by atoms with van der Waals surface area (Å²) in [7, 11) is -3.84. The van der Waals surface area contributed by atoms with E-state index in [1.807, 2.05) is 27.7 Å². The van der Waals surface area contributed by atoms with Crippen molar-refractivity contribution in [1.82, 2.24) is 3.97 Å². The lowest BCUT2D eigenvalue weighted by Crippen LogP contribution is -2.25. The van der Waals surface area contributed by atoms with E-state index < -0.39 is 15.6 Å². The highest BCUT2D eigenvalue weighted by Gasteiger charge is 2.47. The average Bonchev–Trinajstić information content (AvgIpc) is 3.40. The molecular weight excluding hydrogens is 412 g/mol. The molecule has 0 bridgehead atoms. The number of aromatic nitrogens is 1. The molecule has 2 atom stereocenters. The monoisotopic (exact) mass is 436 g/mol. The van der Waals surface area contributed by atoms with Gasteiger partial charge < -0.3 is 4.74 Å². The van der Waals surface area contributed by atoms with Crippen LogP contribution in [0.25, 0.3) is 10.9 Å². The number of ether oxygens (including phenoxy) is 1. The van der Waals surface area contributed by atoms with Gasteiger partial charge in [0.15, 0.2) is 0 Å². The van der Waals surface area contributed by atoms with E-state index in [1.165, 1.54) is 3.97 Å². The number of benzene rings is 2. The van der Waals surface area contributed by atoms with Crippen LogP contribution in [0.4, 0.5) is 0 Å². The second-order valence-corrected chi connectivity index (χ2v) is 10.8. The fourth-order valence-corrected chi connectivity index (χ4v) is 5.17. The van der Waals surface area contributed by atoms with Gasteiger partial charge >= 0.3 is 5.97 Å². The Labute approximate surface area is 182 Å². The molecule has 0 amide bonds. The number of carbonyl (C=O) groups excluding carboxylic acids is 1. The number of rotatable bonds is 4. The van der Waals surface area contributed by atoms with Crippen LogP contribution in [0.5, 0.6) is 0 Å². The van der Waals surface area contributed by atoms with E-state index in [1.54, 1.807) is 48.7 Å². The number of hydrogen-bond donors (Lipinski definition) is 0. The maximum absolute atomic E-state index is 13.4. The Morgan fingerprint density at radius 2 is 1.84 bits per heavy atom. The van der Waals surface area contributed by atoms with Gasteiger partial charge in [-0.15, -0.1) is 0 Å². The number of aryl methyl sites for hydroxylation is 1. The number of carbonyl (C=O) groups is 1. The van der Waals surface area contributed by atoms with Crippen molar-refractivity contribution in [3.63, 3.8) is 0 Å². The van der Waals surface area contributed by atoms with Gasteiger partial charge in [-0.1, -0.05) is 17.7 Å². The highest BCUT2D eigenvalue weighted by molar-refractivity contribution is 7.90. The van der Waals surface area contributed by atoms with Gasteiger partial charge in [-0.25, -0.2) is 12.4 Å². The lowest BCUT2D eigenvalue weighted by atomic mass is 10.1. The minimum atomic E-state index is -3.84. The van der Waals surface area contributed by atoms with E-state index in [9.17, 15) is 18.5 Å². The van der Waals surface area contributed by atoms with Crippen LogP contribution in [0.15, 0.2) is 53.6 Å². The Kier molecular flexibility index (Phi) is 4.94. The first-order valence-electron chi connectivity index (χ1n) is 10.1. The first-order chi connectivity index (χ1) is 14.5. The molecule has 0 aliphatic heterocycles. The number of fused-ring (bicyclic) bond motifs is 1. The first-order valence-corrected chi connectivity index (χ1v) is 11.6. The molecule has 0 spiro atoms. The molecule has 1 aliphatic rings. The second kappa shape index (κ2) is 7.24. The van der Waals surface area contributed by atoms with Crippen LogP contribution in [0.2, 0.25) is 0 Å². The van der Waals surface area contributed by atoms with Crippen LogP contribution in [-0.4, -0.2) is 24.0 Å². The van der Waals surface area contributed by atoms with Crippen LogP contribution < -0.4 is 0 Å². The van der Waals surface area contributed by atoms with Crippen LogP contribution >= 0.6 is 0 Å². The molecule has 3 aromatic rings. The van der Waals surface area contributed by atoms with Gasteiger partial charge in [0.1, 0.15) is 5.60 Å². The molecule has 160 valence electrons. The Bertz CT molecular complexity index is 1320. The zero-order valence-electron chi connectivity index (χ0n) is 17.9. The van der Waals surface area contributed by atoms with E-state index >= 15 is 0 Å². The number of nitriles is 1. The Morgan fingerprint density at radius 3 is 2.45 bits per heavy atom. The van der Waals surface area contributed by atoms with Crippen molar-refractivity contribution in [1.29, 1.82) is 5.26 Å². The van der Waals surface area contributed by atoms with Crippen LogP contribution in [0.3, 0.4) is 0 Å². The smallest absolute Gasteiger partial charge is 0.310 e. The van der Waals surface area contributed by atoms with E-state index in [4.69, 9.17) is 4.74 Å². The molecule has 4 rings (SSSR count). The van der Waals surface area contributed by atoms with Crippen molar-refractivity contribution < 1.29 is 17.9 Å². The molecule has 1 aromatic heterocycles. The minimum absolute atomic E-state index is 0.138. The predicted molar refractivity (Wildman–Crippen MR) is 117 cm³/mol. The van der Waals surface area contributed by atoms with E-state index in [0.717, 1.165) is 11.1 Å². The molecule has 0 saturated heterocycles. The maximum atomic E-state index is 13.4. The zero-order valence-corrected chi connectivity index (χ0v) is 18.7. The summed E-state index contributed by atoms with van der Waals surface area (Å²) in [5, 5.41) is 10.0. The topological polar surface area (TPSA) is 89.2 Å². The van der Waals surface area contributed by atoms with Gasteiger partial charge in [0.05, 0.1) is 28.0 Å². The zero-order chi connectivity index (χ0) is 22.6. The van der Waals surface area contributed by atoms with Crippen molar-refractivity contribution in [2.24, 2.45) is 5.92 Å². The van der Waals surface area contributed by atoms with Crippen molar-refractivity contribution in [2.75, 3.05) is 0 Å². The lowest BCUT2D eigenvalue weighted by molar-refractivity contribution is -0.156. The largest absolute Gasteiger partial charge is 0.460 e. The van der Waals surface area contributed by atoms with Gasteiger partial charge in [0, 0.05) is 17.5 Å². The summed E-state index contributed by atoms with van der Waals surface area (Å²) in [5.74, 6) is -0.733. The molecule has 31 heavy (non-hydrogen) atoms. The summed E-state index contributed by atoms with van der Waals surface area (Å²) in [5.41, 5.74) is 2.06. The van der Waals surface area contributed by atoms with Crippen molar-refractivity contribution in [2.45, 2.75) is 50.5 Å². The number of hydrogen-bond acceptors (Lipinski definition) is 5. The fourth-order valence-electron chi connectivity index (χ4n) is 3.79. The van der Waals surface area contributed by atoms with Crippen molar-refractivity contribution >= 4 is 26.9 Å². The Hall–Kier alpha value is -3.11. The standard InChI is InChI=1S/C24H24N2O4S/c1-15-5-8-17(9-6-15)31(28,29)26-14-21(19-11-16(13-25)7-10-22(19)26)18-12-20(18)23(27)30-24(2,3)4/h5-11,14,18,20H,12H2,1-4H3/t18-,20-/m0/s1. The average molecular weight is 437 g/mol. The van der Waals surface area contributed by atoms with Crippen molar-refractivity contribution in [3.05, 3.63) is 65.4 Å². The van der Waals surface area contributed by atoms with E-state index in [0.29, 0.717) is 22.9 Å². The third kappa shape index (κ3) is 3.96. The Morgan fingerprint density at radius 1 is 1.16 bits per heavy atom. The summed E-state index contributed by atoms with van der Waals surface area (Å²) < 4.78 is 33.5. The third-order valence-electron chi connectivity index (χ3n) is 5.41. The SMILES string of the molecule is Cc1ccc(S(=O)(=O)n2cc([C@H]3C[C@@H]3C(=O)OC(C)(C)C)c3cc(C#N)ccc32)cc1. The minimum Gasteiger partial charge on any atom is -0.460 e. The lowest BCUT2D eigenvalue weighted by Gasteiger charge is -2.19. The van der Waals surface area contributed by atoms with E-state index in [2.05, 4.69) is 6.07 Å². The summed E-state index contributed by atoms with van der Waals surface area (Å²) in [4.78, 5) is 12.7. The molecule has 0 unspecified atom stereocenters. The van der Waals surface area contributed by atoms with Crippen LogP contribution in [0, 0.1) is 24.2 Å². The molecule has 1 fully saturated rings. The number of nitrogens with zero attached hydrogens (tertiary/aromatic N) is 2. The van der Waals surface area contributed by atoms with Crippen LogP contribution in [-0.2, 0) is 19.6 Å². The van der Waals surface area contributed by atoms with Gasteiger partial charge in [0.2, 0.25) is 0 Å². The molecule has 7 heteroatoms. The first kappa shape index (κ1) is 21.1. The Balaban J connectivity index is 1.80. The predicted octanol–water partition coefficient (Wildman–Crippen LogP) is 4.50. The third-order valence-corrected chi connectivity index (χ3v) is 7.10. The molecule has 1 heterocycles. The van der Waals surface area contributed by atoms with Gasteiger partial charge in [0.25, 0.3) is 10.0 Å². The number of esters is 1. The molecule has 1 aliphatic carbocycles. The maximum Gasteiger partial charge on any atom is 0.310 e. The molecule has 0 radical (unpaired) electrons. The molecular formula is C24H24N2O4S. The van der Waals surface area contributed by atoms with Gasteiger partial charge in [-0.2, -0.15) is 5.26 Å². The van der Waals surface area contributed by atoms with Crippen LogP contribution in [0.1, 0.15) is 49.8 Å². The molecule has 1 saturated carbocycles. The highest BCUT2D eigenvalue weighted by atomic mass is 32.2. The quantitative estimate of drug-likeness (QED) is 0.562. The molecule has 2 aromatic carbocycles.